The van der Waals surface area contributed by atoms with Crippen LogP contribution in [0.4, 0.5) is 0 Å². The van der Waals surface area contributed by atoms with Crippen molar-refractivity contribution in [2.24, 2.45) is 5.92 Å². The Bertz CT molecular complexity index is 344. The Morgan fingerprint density at radius 2 is 2.20 bits per heavy atom. The molecule has 0 aliphatic heterocycles. The second kappa shape index (κ2) is 5.37. The number of nitrogens with zero attached hydrogens (tertiary/aromatic N) is 1. The molecule has 0 spiro atoms. The Morgan fingerprint density at radius 1 is 1.53 bits per heavy atom. The van der Waals surface area contributed by atoms with Crippen molar-refractivity contribution in [1.82, 2.24) is 10.3 Å². The van der Waals surface area contributed by atoms with Crippen LogP contribution in [0.2, 0.25) is 0 Å². The maximum Gasteiger partial charge on any atom is 0.171 e. The average molecular weight is 226 g/mol. The second-order valence-electron chi connectivity index (χ2n) is 4.10. The Balaban J connectivity index is 2.56. The summed E-state index contributed by atoms with van der Waals surface area (Å²) < 4.78 is 0. The first-order valence-electron chi connectivity index (χ1n) is 5.18. The third kappa shape index (κ3) is 3.72. The highest BCUT2D eigenvalue weighted by Crippen LogP contribution is 2.18. The predicted molar refractivity (Wildman–Crippen MR) is 63.4 cm³/mol. The van der Waals surface area contributed by atoms with Gasteiger partial charge in [-0.15, -0.1) is 11.3 Å². The highest BCUT2D eigenvalue weighted by Gasteiger charge is 2.10. The van der Waals surface area contributed by atoms with Crippen LogP contribution in [-0.4, -0.2) is 17.3 Å². The van der Waals surface area contributed by atoms with E-state index in [-0.39, 0.29) is 5.78 Å². The first-order chi connectivity index (χ1) is 7.00. The molecule has 15 heavy (non-hydrogen) atoms. The third-order valence-corrected chi connectivity index (χ3v) is 3.25. The lowest BCUT2D eigenvalue weighted by Gasteiger charge is -2.04. The molecular formula is C11H18N2OS. The van der Waals surface area contributed by atoms with Crippen LogP contribution in [0.25, 0.3) is 0 Å². The molecule has 0 fully saturated rings. The number of hydrogen-bond donors (Lipinski definition) is 1. The normalized spacial score (nSPS) is 11.0. The number of Topliss-reactive ketones (excluding diaryl/α,β-unsaturated/α-hetero) is 1. The summed E-state index contributed by atoms with van der Waals surface area (Å²) in [7, 11) is 0. The van der Waals surface area contributed by atoms with E-state index < -0.39 is 0 Å². The van der Waals surface area contributed by atoms with E-state index in [1.165, 1.54) is 11.3 Å². The van der Waals surface area contributed by atoms with Crippen LogP contribution in [-0.2, 0) is 6.54 Å². The summed E-state index contributed by atoms with van der Waals surface area (Å²) in [6.45, 7) is 9.55. The number of hydrogen-bond acceptors (Lipinski definition) is 4. The summed E-state index contributed by atoms with van der Waals surface area (Å²) in [5, 5.41) is 4.32. The number of rotatable bonds is 5. The molecule has 1 aromatic rings. The summed E-state index contributed by atoms with van der Waals surface area (Å²) in [4.78, 5) is 16.4. The van der Waals surface area contributed by atoms with Crippen LogP contribution in [0, 0.1) is 12.8 Å². The number of carbonyl (C=O) groups is 1. The lowest BCUT2D eigenvalue weighted by atomic mass is 10.2. The van der Waals surface area contributed by atoms with Gasteiger partial charge in [0, 0.05) is 13.5 Å². The van der Waals surface area contributed by atoms with Gasteiger partial charge in [0.25, 0.3) is 0 Å². The lowest BCUT2D eigenvalue weighted by molar-refractivity contribution is 0.102. The Kier molecular flexibility index (Phi) is 4.42. The maximum atomic E-state index is 11.2. The number of carbonyl (C=O) groups excluding carboxylic acids is 1. The highest BCUT2D eigenvalue weighted by atomic mass is 32.1. The number of thiazole rings is 1. The molecule has 0 amide bonds. The largest absolute Gasteiger partial charge is 0.310 e. The van der Waals surface area contributed by atoms with E-state index in [9.17, 15) is 4.79 Å². The molecule has 0 unspecified atom stereocenters. The average Bonchev–Trinajstić information content (AvgIpc) is 2.46. The maximum absolute atomic E-state index is 11.2. The second-order valence-corrected chi connectivity index (χ2v) is 5.19. The van der Waals surface area contributed by atoms with Gasteiger partial charge in [-0.25, -0.2) is 4.98 Å². The Hall–Kier alpha value is -0.740. The molecule has 0 atom stereocenters. The number of aromatic nitrogens is 1. The fraction of sp³-hybridized carbons (Fsp3) is 0.636. The van der Waals surface area contributed by atoms with Crippen LogP contribution in [0.3, 0.4) is 0 Å². The van der Waals surface area contributed by atoms with Gasteiger partial charge in [0.15, 0.2) is 5.78 Å². The topological polar surface area (TPSA) is 42.0 Å². The van der Waals surface area contributed by atoms with Gasteiger partial charge in [0.2, 0.25) is 0 Å². The van der Waals surface area contributed by atoms with E-state index in [2.05, 4.69) is 24.1 Å². The zero-order valence-electron chi connectivity index (χ0n) is 9.76. The van der Waals surface area contributed by atoms with E-state index in [4.69, 9.17) is 0 Å². The molecule has 0 radical (unpaired) electrons. The van der Waals surface area contributed by atoms with E-state index in [1.807, 2.05) is 6.92 Å². The zero-order valence-corrected chi connectivity index (χ0v) is 10.6. The molecular weight excluding hydrogens is 208 g/mol. The molecule has 0 aliphatic rings. The molecule has 1 aromatic heterocycles. The van der Waals surface area contributed by atoms with Gasteiger partial charge in [-0.1, -0.05) is 13.8 Å². The van der Waals surface area contributed by atoms with Gasteiger partial charge in [-0.3, -0.25) is 4.79 Å². The van der Waals surface area contributed by atoms with Crippen molar-refractivity contribution in [3.63, 3.8) is 0 Å². The standard InChI is InChI=1S/C11H18N2OS/c1-7(2)5-12-6-10-13-8(3)11(15-10)9(4)14/h7,12H,5-6H2,1-4H3. The molecule has 0 aliphatic carbocycles. The summed E-state index contributed by atoms with van der Waals surface area (Å²) in [5.74, 6) is 0.749. The van der Waals surface area contributed by atoms with Crippen molar-refractivity contribution in [1.29, 1.82) is 0 Å². The fourth-order valence-electron chi connectivity index (χ4n) is 1.32. The van der Waals surface area contributed by atoms with Crippen LogP contribution in [0.15, 0.2) is 0 Å². The van der Waals surface area contributed by atoms with Gasteiger partial charge in [-0.05, 0) is 19.4 Å². The Labute approximate surface area is 94.9 Å². The smallest absolute Gasteiger partial charge is 0.171 e. The van der Waals surface area contributed by atoms with Crippen molar-refractivity contribution in [2.75, 3.05) is 6.54 Å². The Morgan fingerprint density at radius 3 is 2.67 bits per heavy atom. The van der Waals surface area contributed by atoms with Gasteiger partial charge < -0.3 is 5.32 Å². The molecule has 1 rings (SSSR count). The summed E-state index contributed by atoms with van der Waals surface area (Å²) in [5.41, 5.74) is 0.855. The predicted octanol–water partition coefficient (Wildman–Crippen LogP) is 2.40. The van der Waals surface area contributed by atoms with Gasteiger partial charge in [-0.2, -0.15) is 0 Å². The van der Waals surface area contributed by atoms with E-state index >= 15 is 0 Å². The molecule has 1 N–H and O–H groups in total. The summed E-state index contributed by atoms with van der Waals surface area (Å²) in [6.07, 6.45) is 0. The van der Waals surface area contributed by atoms with Crippen molar-refractivity contribution < 1.29 is 4.79 Å². The third-order valence-electron chi connectivity index (χ3n) is 1.99. The molecule has 4 heteroatoms. The first-order valence-corrected chi connectivity index (χ1v) is 6.00. The minimum Gasteiger partial charge on any atom is -0.310 e. The van der Waals surface area contributed by atoms with E-state index in [1.54, 1.807) is 6.92 Å². The van der Waals surface area contributed by atoms with Crippen molar-refractivity contribution in [3.8, 4) is 0 Å². The summed E-state index contributed by atoms with van der Waals surface area (Å²) in [6, 6.07) is 0. The van der Waals surface area contributed by atoms with E-state index in [0.717, 1.165) is 28.7 Å². The van der Waals surface area contributed by atoms with Gasteiger partial charge >= 0.3 is 0 Å². The van der Waals surface area contributed by atoms with Crippen LogP contribution >= 0.6 is 11.3 Å². The van der Waals surface area contributed by atoms with Crippen molar-refractivity contribution in [3.05, 3.63) is 15.6 Å². The molecule has 0 aromatic carbocycles. The van der Waals surface area contributed by atoms with Crippen molar-refractivity contribution in [2.45, 2.75) is 34.2 Å². The fourth-order valence-corrected chi connectivity index (χ4v) is 2.25. The number of nitrogens with one attached hydrogen (secondary N) is 1. The van der Waals surface area contributed by atoms with Crippen molar-refractivity contribution >= 4 is 17.1 Å². The molecule has 0 saturated heterocycles. The van der Waals surface area contributed by atoms with Crippen LogP contribution < -0.4 is 5.32 Å². The van der Waals surface area contributed by atoms with Crippen LogP contribution in [0.1, 0.15) is 41.1 Å². The van der Waals surface area contributed by atoms with Gasteiger partial charge in [0.05, 0.1) is 10.6 Å². The number of ketones is 1. The van der Waals surface area contributed by atoms with E-state index in [0.29, 0.717) is 5.92 Å². The molecule has 84 valence electrons. The minimum atomic E-state index is 0.111. The first kappa shape index (κ1) is 12.3. The highest BCUT2D eigenvalue weighted by molar-refractivity contribution is 7.13. The molecule has 3 nitrogen and oxygen atoms in total. The molecule has 0 saturated carbocycles. The lowest BCUT2D eigenvalue weighted by Crippen LogP contribution is -2.18. The van der Waals surface area contributed by atoms with Gasteiger partial charge in [0.1, 0.15) is 5.01 Å². The quantitative estimate of drug-likeness (QED) is 0.784. The zero-order chi connectivity index (χ0) is 11.4. The SMILES string of the molecule is CC(=O)c1sc(CNCC(C)C)nc1C. The monoisotopic (exact) mass is 226 g/mol. The number of aryl methyl sites for hydroxylation is 1. The molecule has 0 bridgehead atoms. The molecule has 1 heterocycles. The van der Waals surface area contributed by atoms with Crippen LogP contribution in [0.5, 0.6) is 0 Å². The summed E-state index contributed by atoms with van der Waals surface area (Å²) >= 11 is 1.50. The minimum absolute atomic E-state index is 0.111.